The third kappa shape index (κ3) is 2.92. The summed E-state index contributed by atoms with van der Waals surface area (Å²) in [6.45, 7) is 3.12. The number of aryl methyl sites for hydroxylation is 1. The van der Waals surface area contributed by atoms with E-state index in [1.54, 1.807) is 6.20 Å². The molecule has 1 rings (SSSR count). The second kappa shape index (κ2) is 5.39. The third-order valence-electron chi connectivity index (χ3n) is 1.61. The summed E-state index contributed by atoms with van der Waals surface area (Å²) in [4.78, 5) is 0. The SMILES string of the molecule is CCCn1nccc1C#CCCO. The fourth-order valence-electron chi connectivity index (χ4n) is 1.04. The summed E-state index contributed by atoms with van der Waals surface area (Å²) in [6, 6.07) is 1.89. The van der Waals surface area contributed by atoms with Gasteiger partial charge in [0.15, 0.2) is 0 Å². The van der Waals surface area contributed by atoms with Gasteiger partial charge in [0.25, 0.3) is 0 Å². The second-order valence-electron chi connectivity index (χ2n) is 2.71. The van der Waals surface area contributed by atoms with E-state index in [1.807, 2.05) is 10.7 Å². The van der Waals surface area contributed by atoms with E-state index in [1.165, 1.54) is 0 Å². The van der Waals surface area contributed by atoms with Gasteiger partial charge < -0.3 is 5.11 Å². The van der Waals surface area contributed by atoms with Gasteiger partial charge in [0.1, 0.15) is 5.69 Å². The van der Waals surface area contributed by atoms with Crippen LogP contribution in [0.2, 0.25) is 0 Å². The van der Waals surface area contributed by atoms with Gasteiger partial charge in [-0.2, -0.15) is 5.10 Å². The normalized spacial score (nSPS) is 9.38. The van der Waals surface area contributed by atoms with Crippen molar-refractivity contribution in [3.8, 4) is 11.8 Å². The van der Waals surface area contributed by atoms with E-state index >= 15 is 0 Å². The highest BCUT2D eigenvalue weighted by Gasteiger charge is 1.95. The second-order valence-corrected chi connectivity index (χ2v) is 2.71. The molecule has 0 aliphatic heterocycles. The number of aliphatic hydroxyl groups excluding tert-OH is 1. The molecule has 3 nitrogen and oxygen atoms in total. The van der Waals surface area contributed by atoms with Crippen molar-refractivity contribution in [2.75, 3.05) is 6.61 Å². The minimum atomic E-state index is 0.120. The summed E-state index contributed by atoms with van der Waals surface area (Å²) in [5.74, 6) is 5.84. The average molecular weight is 178 g/mol. The van der Waals surface area contributed by atoms with E-state index in [9.17, 15) is 0 Å². The molecule has 1 heterocycles. The Kier molecular flexibility index (Phi) is 4.07. The zero-order valence-corrected chi connectivity index (χ0v) is 7.82. The maximum atomic E-state index is 8.54. The largest absolute Gasteiger partial charge is 0.395 e. The molecule has 0 saturated heterocycles. The van der Waals surface area contributed by atoms with Crippen molar-refractivity contribution in [3.63, 3.8) is 0 Å². The van der Waals surface area contributed by atoms with Gasteiger partial charge in [-0.1, -0.05) is 12.8 Å². The lowest BCUT2D eigenvalue weighted by Crippen LogP contribution is -2.01. The van der Waals surface area contributed by atoms with Gasteiger partial charge in [0, 0.05) is 13.0 Å². The number of hydrogen-bond acceptors (Lipinski definition) is 2. The molecule has 0 fully saturated rings. The summed E-state index contributed by atoms with van der Waals surface area (Å²) in [7, 11) is 0. The number of aromatic nitrogens is 2. The zero-order chi connectivity index (χ0) is 9.52. The highest BCUT2D eigenvalue weighted by Crippen LogP contribution is 1.97. The lowest BCUT2D eigenvalue weighted by Gasteiger charge is -1.98. The van der Waals surface area contributed by atoms with E-state index in [4.69, 9.17) is 5.11 Å². The molecule has 0 saturated carbocycles. The minimum absolute atomic E-state index is 0.120. The van der Waals surface area contributed by atoms with Crippen molar-refractivity contribution >= 4 is 0 Å². The first-order valence-corrected chi connectivity index (χ1v) is 4.50. The van der Waals surface area contributed by atoms with Crippen molar-refractivity contribution in [2.45, 2.75) is 26.3 Å². The molecule has 1 aromatic rings. The van der Waals surface area contributed by atoms with Crippen LogP contribution in [0.5, 0.6) is 0 Å². The Morgan fingerprint density at radius 2 is 2.46 bits per heavy atom. The Morgan fingerprint density at radius 3 is 3.15 bits per heavy atom. The molecule has 0 bridgehead atoms. The first kappa shape index (κ1) is 9.82. The van der Waals surface area contributed by atoms with Crippen LogP contribution in [-0.2, 0) is 6.54 Å². The van der Waals surface area contributed by atoms with Crippen molar-refractivity contribution in [3.05, 3.63) is 18.0 Å². The van der Waals surface area contributed by atoms with Gasteiger partial charge in [0.05, 0.1) is 12.8 Å². The summed E-state index contributed by atoms with van der Waals surface area (Å²) >= 11 is 0. The molecule has 0 unspecified atom stereocenters. The number of rotatable bonds is 3. The van der Waals surface area contributed by atoms with Gasteiger partial charge >= 0.3 is 0 Å². The molecule has 1 N–H and O–H groups in total. The van der Waals surface area contributed by atoms with E-state index in [0.717, 1.165) is 18.7 Å². The Hall–Kier alpha value is -1.27. The molecule has 0 atom stereocenters. The van der Waals surface area contributed by atoms with Crippen LogP contribution in [0.25, 0.3) is 0 Å². The van der Waals surface area contributed by atoms with Crippen LogP contribution in [0.15, 0.2) is 12.3 Å². The van der Waals surface area contributed by atoms with Gasteiger partial charge in [0.2, 0.25) is 0 Å². The van der Waals surface area contributed by atoms with Crippen LogP contribution >= 0.6 is 0 Å². The summed E-state index contributed by atoms with van der Waals surface area (Å²) in [6.07, 6.45) is 3.33. The Bertz CT molecular complexity index is 306. The lowest BCUT2D eigenvalue weighted by molar-refractivity contribution is 0.305. The fourth-order valence-corrected chi connectivity index (χ4v) is 1.04. The highest BCUT2D eigenvalue weighted by molar-refractivity contribution is 5.26. The maximum Gasteiger partial charge on any atom is 0.111 e. The van der Waals surface area contributed by atoms with Crippen LogP contribution in [0.3, 0.4) is 0 Å². The number of aliphatic hydroxyl groups is 1. The molecular weight excluding hydrogens is 164 g/mol. The first-order valence-electron chi connectivity index (χ1n) is 4.50. The summed E-state index contributed by atoms with van der Waals surface area (Å²) < 4.78 is 1.88. The highest BCUT2D eigenvalue weighted by atomic mass is 16.2. The third-order valence-corrected chi connectivity index (χ3v) is 1.61. The van der Waals surface area contributed by atoms with Crippen molar-refractivity contribution < 1.29 is 5.11 Å². The fraction of sp³-hybridized carbons (Fsp3) is 0.500. The van der Waals surface area contributed by atoms with E-state index in [2.05, 4.69) is 23.9 Å². The van der Waals surface area contributed by atoms with E-state index < -0.39 is 0 Å². The minimum Gasteiger partial charge on any atom is -0.395 e. The molecular formula is C10H14N2O. The van der Waals surface area contributed by atoms with Crippen LogP contribution in [0.4, 0.5) is 0 Å². The Labute approximate surface area is 78.4 Å². The Morgan fingerprint density at radius 1 is 1.62 bits per heavy atom. The van der Waals surface area contributed by atoms with Gasteiger partial charge in [-0.05, 0) is 18.4 Å². The van der Waals surface area contributed by atoms with Crippen LogP contribution in [-0.4, -0.2) is 21.5 Å². The summed E-state index contributed by atoms with van der Waals surface area (Å²) in [5, 5.41) is 12.7. The van der Waals surface area contributed by atoms with Crippen LogP contribution in [0.1, 0.15) is 25.5 Å². The lowest BCUT2D eigenvalue weighted by atomic mass is 10.3. The molecule has 70 valence electrons. The zero-order valence-electron chi connectivity index (χ0n) is 7.82. The monoisotopic (exact) mass is 178 g/mol. The predicted molar refractivity (Wildman–Crippen MR) is 51.1 cm³/mol. The standard InChI is InChI=1S/C10H14N2O/c1-2-8-12-10(6-7-11-12)5-3-4-9-13/h6-7,13H,2,4,8-9H2,1H3. The van der Waals surface area contributed by atoms with Crippen molar-refractivity contribution in [1.29, 1.82) is 0 Å². The molecule has 3 heteroatoms. The molecule has 0 aliphatic carbocycles. The van der Waals surface area contributed by atoms with E-state index in [-0.39, 0.29) is 6.61 Å². The Balaban J connectivity index is 2.66. The predicted octanol–water partition coefficient (Wildman–Crippen LogP) is 1.03. The topological polar surface area (TPSA) is 38.0 Å². The molecule has 0 amide bonds. The van der Waals surface area contributed by atoms with Crippen molar-refractivity contribution in [2.24, 2.45) is 0 Å². The van der Waals surface area contributed by atoms with E-state index in [0.29, 0.717) is 6.42 Å². The number of nitrogens with zero attached hydrogens (tertiary/aromatic N) is 2. The number of hydrogen-bond donors (Lipinski definition) is 1. The van der Waals surface area contributed by atoms with Gasteiger partial charge in [-0.25, -0.2) is 0 Å². The summed E-state index contributed by atoms with van der Waals surface area (Å²) in [5.41, 5.74) is 0.926. The van der Waals surface area contributed by atoms with Gasteiger partial charge in [-0.15, -0.1) is 0 Å². The maximum absolute atomic E-state index is 8.54. The molecule has 0 aromatic carbocycles. The average Bonchev–Trinajstić information content (AvgIpc) is 2.54. The molecule has 0 radical (unpaired) electrons. The first-order chi connectivity index (χ1) is 6.38. The molecule has 1 aromatic heterocycles. The van der Waals surface area contributed by atoms with Crippen LogP contribution in [0, 0.1) is 11.8 Å². The van der Waals surface area contributed by atoms with Crippen LogP contribution < -0.4 is 0 Å². The van der Waals surface area contributed by atoms with Gasteiger partial charge in [-0.3, -0.25) is 4.68 Å². The molecule has 0 aliphatic rings. The smallest absolute Gasteiger partial charge is 0.111 e. The molecule has 0 spiro atoms. The van der Waals surface area contributed by atoms with Crippen molar-refractivity contribution in [1.82, 2.24) is 9.78 Å². The molecule has 13 heavy (non-hydrogen) atoms. The quantitative estimate of drug-likeness (QED) is 0.702.